The van der Waals surface area contributed by atoms with E-state index in [0.717, 1.165) is 22.6 Å². The summed E-state index contributed by atoms with van der Waals surface area (Å²) in [6.07, 6.45) is 0.855. The summed E-state index contributed by atoms with van der Waals surface area (Å²) < 4.78 is 4.66. The number of para-hydroxylation sites is 1. The van der Waals surface area contributed by atoms with Gasteiger partial charge in [0.2, 0.25) is 0 Å². The van der Waals surface area contributed by atoms with Crippen molar-refractivity contribution in [2.75, 3.05) is 37.4 Å². The van der Waals surface area contributed by atoms with Gasteiger partial charge in [-0.05, 0) is 49.2 Å². The van der Waals surface area contributed by atoms with Gasteiger partial charge in [-0.2, -0.15) is 0 Å². The van der Waals surface area contributed by atoms with Gasteiger partial charge in [0.1, 0.15) is 0 Å². The Labute approximate surface area is 171 Å². The third kappa shape index (κ3) is 7.04. The second-order valence-electron chi connectivity index (χ2n) is 6.83. The smallest absolute Gasteiger partial charge is 0.337 e. The SMILES string of the molecule is CCC[NH+](CC(=O)Nc1ccc(C(=O)OC)cc1)CC(=O)Nc1ccccc1C. The van der Waals surface area contributed by atoms with Gasteiger partial charge in [-0.15, -0.1) is 0 Å². The molecular weight excluding hydrogens is 370 g/mol. The minimum absolute atomic E-state index is 0.127. The average molecular weight is 398 g/mol. The van der Waals surface area contributed by atoms with E-state index in [1.807, 2.05) is 38.1 Å². The Hall–Kier alpha value is -3.19. The van der Waals surface area contributed by atoms with Crippen LogP contribution in [-0.2, 0) is 14.3 Å². The standard InChI is InChI=1S/C22H27N3O4/c1-4-13-25(15-21(27)24-19-8-6-5-7-16(19)2)14-20(26)23-18-11-9-17(10-12-18)22(28)29-3/h5-12H,4,13-15H2,1-3H3,(H,23,26)(H,24,27)/p+1. The van der Waals surface area contributed by atoms with Gasteiger partial charge < -0.3 is 20.3 Å². The fourth-order valence-corrected chi connectivity index (χ4v) is 2.97. The molecule has 7 heteroatoms. The maximum Gasteiger partial charge on any atom is 0.337 e. The molecule has 2 aromatic carbocycles. The molecule has 0 bridgehead atoms. The molecule has 0 spiro atoms. The van der Waals surface area contributed by atoms with Gasteiger partial charge >= 0.3 is 5.97 Å². The molecule has 0 aromatic heterocycles. The number of methoxy groups -OCH3 is 1. The Kier molecular flexibility index (Phi) is 8.36. The number of hydrogen-bond acceptors (Lipinski definition) is 4. The number of esters is 1. The molecule has 0 heterocycles. The fraction of sp³-hybridized carbons (Fsp3) is 0.318. The first-order valence-corrected chi connectivity index (χ1v) is 9.60. The van der Waals surface area contributed by atoms with Crippen LogP contribution in [0.2, 0.25) is 0 Å². The topological polar surface area (TPSA) is 88.9 Å². The third-order valence-electron chi connectivity index (χ3n) is 4.43. The third-order valence-corrected chi connectivity index (χ3v) is 4.43. The molecule has 0 aliphatic carbocycles. The van der Waals surface area contributed by atoms with E-state index < -0.39 is 5.97 Å². The molecule has 3 N–H and O–H groups in total. The summed E-state index contributed by atoms with van der Waals surface area (Å²) in [4.78, 5) is 37.2. The van der Waals surface area contributed by atoms with E-state index in [1.54, 1.807) is 24.3 Å². The molecular formula is C22H28N3O4+. The molecule has 2 amide bonds. The monoisotopic (exact) mass is 398 g/mol. The highest BCUT2D eigenvalue weighted by molar-refractivity contribution is 5.94. The molecule has 154 valence electrons. The van der Waals surface area contributed by atoms with Crippen molar-refractivity contribution < 1.29 is 24.0 Å². The maximum atomic E-state index is 12.4. The van der Waals surface area contributed by atoms with E-state index in [9.17, 15) is 14.4 Å². The largest absolute Gasteiger partial charge is 0.465 e. The van der Waals surface area contributed by atoms with Crippen molar-refractivity contribution in [1.82, 2.24) is 0 Å². The van der Waals surface area contributed by atoms with Gasteiger partial charge in [-0.1, -0.05) is 25.1 Å². The van der Waals surface area contributed by atoms with Crippen LogP contribution in [0.15, 0.2) is 48.5 Å². The van der Waals surface area contributed by atoms with Crippen molar-refractivity contribution in [2.24, 2.45) is 0 Å². The molecule has 7 nitrogen and oxygen atoms in total. The van der Waals surface area contributed by atoms with Crippen LogP contribution >= 0.6 is 0 Å². The molecule has 0 radical (unpaired) electrons. The maximum absolute atomic E-state index is 12.4. The summed E-state index contributed by atoms with van der Waals surface area (Å²) in [5, 5.41) is 5.71. The molecule has 0 fully saturated rings. The quantitative estimate of drug-likeness (QED) is 0.561. The molecule has 1 atom stereocenters. The van der Waals surface area contributed by atoms with Gasteiger partial charge in [-0.25, -0.2) is 4.79 Å². The zero-order valence-electron chi connectivity index (χ0n) is 17.1. The highest BCUT2D eigenvalue weighted by Crippen LogP contribution is 2.12. The van der Waals surface area contributed by atoms with Gasteiger partial charge in [0.25, 0.3) is 11.8 Å². The van der Waals surface area contributed by atoms with Gasteiger partial charge in [-0.3, -0.25) is 9.59 Å². The number of nitrogens with one attached hydrogen (secondary N) is 3. The van der Waals surface area contributed by atoms with Crippen molar-refractivity contribution >= 4 is 29.2 Å². The second kappa shape index (κ2) is 11.0. The number of rotatable bonds is 9. The molecule has 0 saturated heterocycles. The zero-order valence-corrected chi connectivity index (χ0v) is 17.1. The van der Waals surface area contributed by atoms with Crippen LogP contribution in [0.4, 0.5) is 11.4 Å². The number of carbonyl (C=O) groups is 3. The average Bonchev–Trinajstić information content (AvgIpc) is 2.69. The minimum Gasteiger partial charge on any atom is -0.465 e. The number of hydrogen-bond donors (Lipinski definition) is 3. The Morgan fingerprint density at radius 1 is 0.931 bits per heavy atom. The lowest BCUT2D eigenvalue weighted by atomic mass is 10.2. The summed E-state index contributed by atoms with van der Waals surface area (Å²) >= 11 is 0. The molecule has 0 aliphatic rings. The lowest BCUT2D eigenvalue weighted by Crippen LogP contribution is -3.14. The predicted octanol–water partition coefficient (Wildman–Crippen LogP) is 1.65. The Morgan fingerprint density at radius 3 is 2.14 bits per heavy atom. The first-order chi connectivity index (χ1) is 13.9. The van der Waals surface area contributed by atoms with E-state index in [-0.39, 0.29) is 24.9 Å². The molecule has 0 aliphatic heterocycles. The zero-order chi connectivity index (χ0) is 21.2. The summed E-state index contributed by atoms with van der Waals surface area (Å²) in [5.41, 5.74) is 2.77. The summed E-state index contributed by atoms with van der Waals surface area (Å²) in [6.45, 7) is 5.04. The number of quaternary nitrogens is 1. The number of carbonyl (C=O) groups excluding carboxylic acids is 3. The van der Waals surface area contributed by atoms with Crippen LogP contribution in [-0.4, -0.2) is 44.5 Å². The molecule has 2 rings (SSSR count). The number of amides is 2. The van der Waals surface area contributed by atoms with Crippen molar-refractivity contribution in [3.05, 3.63) is 59.7 Å². The lowest BCUT2D eigenvalue weighted by Gasteiger charge is -2.18. The fourth-order valence-electron chi connectivity index (χ4n) is 2.97. The number of benzene rings is 2. The molecule has 0 saturated carbocycles. The Balaban J connectivity index is 1.91. The predicted molar refractivity (Wildman–Crippen MR) is 112 cm³/mol. The van der Waals surface area contributed by atoms with Crippen LogP contribution < -0.4 is 15.5 Å². The van der Waals surface area contributed by atoms with Gasteiger partial charge in [0.15, 0.2) is 13.1 Å². The molecule has 1 unspecified atom stereocenters. The number of aryl methyl sites for hydroxylation is 1. The minimum atomic E-state index is -0.430. The van der Waals surface area contributed by atoms with Crippen molar-refractivity contribution in [3.8, 4) is 0 Å². The Morgan fingerprint density at radius 2 is 1.55 bits per heavy atom. The second-order valence-corrected chi connectivity index (χ2v) is 6.83. The highest BCUT2D eigenvalue weighted by Gasteiger charge is 2.18. The van der Waals surface area contributed by atoms with Crippen molar-refractivity contribution in [2.45, 2.75) is 20.3 Å². The van der Waals surface area contributed by atoms with Gasteiger partial charge in [0.05, 0.1) is 19.2 Å². The van der Waals surface area contributed by atoms with Crippen LogP contribution in [0.3, 0.4) is 0 Å². The first kappa shape index (κ1) is 22.1. The normalized spacial score (nSPS) is 11.4. The Bertz CT molecular complexity index is 849. The summed E-state index contributed by atoms with van der Waals surface area (Å²) in [7, 11) is 1.32. The first-order valence-electron chi connectivity index (χ1n) is 9.60. The van der Waals surface area contributed by atoms with Crippen LogP contribution in [0.5, 0.6) is 0 Å². The van der Waals surface area contributed by atoms with E-state index >= 15 is 0 Å². The van der Waals surface area contributed by atoms with Gasteiger partial charge in [0, 0.05) is 11.4 Å². The number of anilines is 2. The van der Waals surface area contributed by atoms with E-state index in [4.69, 9.17) is 0 Å². The van der Waals surface area contributed by atoms with E-state index in [1.165, 1.54) is 7.11 Å². The van der Waals surface area contributed by atoms with Crippen molar-refractivity contribution in [3.63, 3.8) is 0 Å². The van der Waals surface area contributed by atoms with Crippen LogP contribution in [0.25, 0.3) is 0 Å². The number of ether oxygens (including phenoxy) is 1. The van der Waals surface area contributed by atoms with Crippen LogP contribution in [0, 0.1) is 6.92 Å². The summed E-state index contributed by atoms with van der Waals surface area (Å²) in [5.74, 6) is -0.748. The summed E-state index contributed by atoms with van der Waals surface area (Å²) in [6, 6.07) is 14.1. The van der Waals surface area contributed by atoms with E-state index in [2.05, 4.69) is 15.4 Å². The van der Waals surface area contributed by atoms with E-state index in [0.29, 0.717) is 17.8 Å². The van der Waals surface area contributed by atoms with Crippen LogP contribution in [0.1, 0.15) is 29.3 Å². The highest BCUT2D eigenvalue weighted by atomic mass is 16.5. The molecule has 29 heavy (non-hydrogen) atoms. The molecule has 2 aromatic rings. The van der Waals surface area contributed by atoms with Crippen molar-refractivity contribution in [1.29, 1.82) is 0 Å². The lowest BCUT2D eigenvalue weighted by molar-refractivity contribution is -0.883.